The van der Waals surface area contributed by atoms with Gasteiger partial charge in [0, 0.05) is 0 Å². The van der Waals surface area contributed by atoms with Crippen LogP contribution in [0.5, 0.6) is 5.75 Å². The predicted molar refractivity (Wildman–Crippen MR) is 125 cm³/mol. The highest BCUT2D eigenvalue weighted by molar-refractivity contribution is 9.10. The first-order chi connectivity index (χ1) is 14.6. The molecule has 5 aromatic rings. The Morgan fingerprint density at radius 1 is 1.10 bits per heavy atom. The lowest BCUT2D eigenvalue weighted by Crippen LogP contribution is -2.22. The van der Waals surface area contributed by atoms with Gasteiger partial charge < -0.3 is 4.74 Å². The highest BCUT2D eigenvalue weighted by Gasteiger charge is 2.11. The van der Waals surface area contributed by atoms with Crippen molar-refractivity contribution in [3.63, 3.8) is 0 Å². The third-order valence-corrected chi connectivity index (χ3v) is 6.46. The quantitative estimate of drug-likeness (QED) is 0.362. The lowest BCUT2D eigenvalue weighted by Gasteiger charge is -2.09. The van der Waals surface area contributed by atoms with Crippen molar-refractivity contribution in [3.8, 4) is 5.75 Å². The third-order valence-electron chi connectivity index (χ3n) is 4.88. The Balaban J connectivity index is 1.45. The number of aromatic nitrogens is 2. The van der Waals surface area contributed by atoms with Crippen LogP contribution < -0.4 is 14.8 Å². The maximum atomic E-state index is 12.9. The monoisotopic (exact) mass is 476 g/mol. The second kappa shape index (κ2) is 7.70. The van der Waals surface area contributed by atoms with Crippen LogP contribution in [0.3, 0.4) is 0 Å². The van der Waals surface area contributed by atoms with Crippen LogP contribution in [0.25, 0.3) is 22.1 Å². The summed E-state index contributed by atoms with van der Waals surface area (Å²) in [5.74, 6) is 0.767. The molecular weight excluding hydrogens is 460 g/mol. The molecule has 0 saturated carbocycles. The number of nitrogens with zero attached hydrogens (tertiary/aromatic N) is 2. The Kier molecular flexibility index (Phi) is 4.89. The van der Waals surface area contributed by atoms with Gasteiger partial charge in [0.15, 0.2) is 4.96 Å². The van der Waals surface area contributed by atoms with E-state index in [0.717, 1.165) is 32.4 Å². The number of ether oxygens (including phenoxy) is 1. The predicted octanol–water partition coefficient (Wildman–Crippen LogP) is 5.11. The topological polar surface area (TPSA) is 43.6 Å². The molecule has 0 aliphatic carbocycles. The van der Waals surface area contributed by atoms with E-state index in [1.807, 2.05) is 54.6 Å². The van der Waals surface area contributed by atoms with Crippen LogP contribution in [0.15, 0.2) is 76.0 Å². The number of fused-ring (bicyclic) bond motifs is 3. The van der Waals surface area contributed by atoms with Crippen molar-refractivity contribution in [2.24, 2.45) is 0 Å². The number of imidazole rings is 1. The van der Waals surface area contributed by atoms with Crippen LogP contribution in [0, 0.1) is 6.92 Å². The van der Waals surface area contributed by atoms with E-state index in [1.54, 1.807) is 4.40 Å². The molecule has 3 aromatic carbocycles. The molecule has 0 radical (unpaired) electrons. The van der Waals surface area contributed by atoms with Crippen molar-refractivity contribution in [1.82, 2.24) is 9.38 Å². The number of para-hydroxylation sites is 2. The van der Waals surface area contributed by atoms with Gasteiger partial charge in [-0.2, -0.15) is 0 Å². The molecule has 2 aromatic heterocycles. The summed E-state index contributed by atoms with van der Waals surface area (Å²) in [6.45, 7) is 2.57. The van der Waals surface area contributed by atoms with Crippen molar-refractivity contribution in [2.45, 2.75) is 13.5 Å². The second-order valence-electron chi connectivity index (χ2n) is 7.10. The molecule has 2 heterocycles. The van der Waals surface area contributed by atoms with Crippen molar-refractivity contribution in [3.05, 3.63) is 103 Å². The molecule has 30 heavy (non-hydrogen) atoms. The van der Waals surface area contributed by atoms with Gasteiger partial charge >= 0.3 is 0 Å². The fourth-order valence-electron chi connectivity index (χ4n) is 3.45. The zero-order chi connectivity index (χ0) is 20.7. The maximum absolute atomic E-state index is 12.9. The standard InChI is InChI=1S/C24H17BrN2O2S/c1-15-5-4-6-17(11-15)14-29-21-10-9-16(12-18(21)25)13-22-23(28)27-20-8-3-2-7-19(20)26-24(27)30-22/h2-13H,14H2,1H3. The number of thiazole rings is 1. The molecule has 0 atom stereocenters. The highest BCUT2D eigenvalue weighted by Crippen LogP contribution is 2.27. The summed E-state index contributed by atoms with van der Waals surface area (Å²) in [6.07, 6.45) is 1.89. The molecular formula is C24H17BrN2O2S. The lowest BCUT2D eigenvalue weighted by molar-refractivity contribution is 0.304. The molecule has 0 fully saturated rings. The van der Waals surface area contributed by atoms with Crippen molar-refractivity contribution in [2.75, 3.05) is 0 Å². The number of hydrogen-bond acceptors (Lipinski definition) is 4. The summed E-state index contributed by atoms with van der Waals surface area (Å²) in [7, 11) is 0. The zero-order valence-electron chi connectivity index (χ0n) is 16.1. The molecule has 6 heteroatoms. The number of rotatable bonds is 4. The van der Waals surface area contributed by atoms with Crippen LogP contribution in [0.2, 0.25) is 0 Å². The summed E-state index contributed by atoms with van der Waals surface area (Å²) in [5.41, 5.74) is 4.90. The van der Waals surface area contributed by atoms with Gasteiger partial charge in [0.2, 0.25) is 0 Å². The van der Waals surface area contributed by atoms with E-state index in [0.29, 0.717) is 16.1 Å². The molecule has 0 unspecified atom stereocenters. The first kappa shape index (κ1) is 19.0. The largest absolute Gasteiger partial charge is 0.488 e. The van der Waals surface area contributed by atoms with Gasteiger partial charge in [-0.15, -0.1) is 0 Å². The molecule has 0 bridgehead atoms. The Morgan fingerprint density at radius 3 is 2.80 bits per heavy atom. The Labute approximate surface area is 185 Å². The molecule has 0 amide bonds. The highest BCUT2D eigenvalue weighted by atomic mass is 79.9. The SMILES string of the molecule is Cc1cccc(COc2ccc(C=c3sc4nc5ccccc5n4c3=O)cc2Br)c1. The first-order valence-electron chi connectivity index (χ1n) is 9.48. The molecule has 0 saturated heterocycles. The maximum Gasteiger partial charge on any atom is 0.274 e. The summed E-state index contributed by atoms with van der Waals surface area (Å²) >= 11 is 4.99. The fraction of sp³-hybridized carbons (Fsp3) is 0.0833. The Hall–Kier alpha value is -2.96. The Morgan fingerprint density at radius 2 is 1.97 bits per heavy atom. The van der Waals surface area contributed by atoms with Crippen molar-refractivity contribution >= 4 is 49.3 Å². The van der Waals surface area contributed by atoms with E-state index in [4.69, 9.17) is 4.74 Å². The molecule has 4 nitrogen and oxygen atoms in total. The number of hydrogen-bond donors (Lipinski definition) is 0. The summed E-state index contributed by atoms with van der Waals surface area (Å²) in [5, 5.41) is 0. The minimum atomic E-state index is -0.0420. The first-order valence-corrected chi connectivity index (χ1v) is 11.1. The fourth-order valence-corrected chi connectivity index (χ4v) is 4.95. The van der Waals surface area contributed by atoms with Crippen LogP contribution >= 0.6 is 27.3 Å². The van der Waals surface area contributed by atoms with E-state index in [-0.39, 0.29) is 5.56 Å². The number of halogens is 1. The molecule has 0 N–H and O–H groups in total. The van der Waals surface area contributed by atoms with Gasteiger partial charge in [0.1, 0.15) is 12.4 Å². The summed E-state index contributed by atoms with van der Waals surface area (Å²) in [6, 6.07) is 21.8. The molecule has 5 rings (SSSR count). The average Bonchev–Trinajstić information content (AvgIpc) is 3.24. The van der Waals surface area contributed by atoms with Gasteiger partial charge in [0.25, 0.3) is 5.56 Å². The normalized spacial score (nSPS) is 12.1. The number of benzene rings is 3. The third kappa shape index (κ3) is 3.53. The zero-order valence-corrected chi connectivity index (χ0v) is 18.5. The molecule has 0 aliphatic rings. The minimum absolute atomic E-state index is 0.0420. The molecule has 148 valence electrons. The smallest absolute Gasteiger partial charge is 0.274 e. The van der Waals surface area contributed by atoms with Gasteiger partial charge in [-0.1, -0.05) is 59.4 Å². The van der Waals surface area contributed by atoms with E-state index in [2.05, 4.69) is 46.0 Å². The van der Waals surface area contributed by atoms with E-state index in [1.165, 1.54) is 16.9 Å². The van der Waals surface area contributed by atoms with Crippen LogP contribution in [-0.2, 0) is 6.61 Å². The van der Waals surface area contributed by atoms with Crippen LogP contribution in [-0.4, -0.2) is 9.38 Å². The van der Waals surface area contributed by atoms with Crippen LogP contribution in [0.4, 0.5) is 0 Å². The van der Waals surface area contributed by atoms with Gasteiger partial charge in [0.05, 0.1) is 20.0 Å². The van der Waals surface area contributed by atoms with Gasteiger partial charge in [-0.05, 0) is 64.3 Å². The van der Waals surface area contributed by atoms with Crippen LogP contribution in [0.1, 0.15) is 16.7 Å². The number of aryl methyl sites for hydroxylation is 1. The lowest BCUT2D eigenvalue weighted by atomic mass is 10.1. The Bertz CT molecular complexity index is 1500. The van der Waals surface area contributed by atoms with Gasteiger partial charge in [-0.25, -0.2) is 9.38 Å². The summed E-state index contributed by atoms with van der Waals surface area (Å²) in [4.78, 5) is 18.2. The summed E-state index contributed by atoms with van der Waals surface area (Å²) < 4.78 is 9.14. The molecule has 0 aliphatic heterocycles. The van der Waals surface area contributed by atoms with Crippen molar-refractivity contribution < 1.29 is 4.74 Å². The van der Waals surface area contributed by atoms with E-state index >= 15 is 0 Å². The molecule has 0 spiro atoms. The average molecular weight is 477 g/mol. The minimum Gasteiger partial charge on any atom is -0.488 e. The van der Waals surface area contributed by atoms with E-state index in [9.17, 15) is 4.79 Å². The van der Waals surface area contributed by atoms with Gasteiger partial charge in [-0.3, -0.25) is 4.79 Å². The van der Waals surface area contributed by atoms with Crippen molar-refractivity contribution in [1.29, 1.82) is 0 Å². The second-order valence-corrected chi connectivity index (χ2v) is 8.97. The van der Waals surface area contributed by atoms with E-state index < -0.39 is 0 Å².